The highest BCUT2D eigenvalue weighted by molar-refractivity contribution is 5.88. The van der Waals surface area contributed by atoms with E-state index in [1.165, 1.54) is 88.8 Å². The molecule has 0 unspecified atom stereocenters. The Morgan fingerprint density at radius 1 is 0.740 bits per heavy atom. The van der Waals surface area contributed by atoms with Crippen molar-refractivity contribution in [2.75, 3.05) is 14.2 Å². The van der Waals surface area contributed by atoms with Gasteiger partial charge in [0, 0.05) is 18.6 Å². The molecular formula is C42H55F3O5. The number of carbonyl (C=O) groups is 2. The summed E-state index contributed by atoms with van der Waals surface area (Å²) < 4.78 is 56.4. The van der Waals surface area contributed by atoms with Gasteiger partial charge in [-0.05, 0) is 69.9 Å². The van der Waals surface area contributed by atoms with Crippen molar-refractivity contribution < 1.29 is 37.0 Å². The predicted octanol–water partition coefficient (Wildman–Crippen LogP) is 10.7. The standard InChI is InChI=1S/C42H55F3O5/c1-4-38(50-40(47)41(49-3,42(43,44)45)37-33-29-28-30-34-37)35-31-26-24-22-20-18-16-14-12-10-8-6-5-7-9-11-13-15-17-19-21-23-25-27-32-36-39(46)48-2/h1,8,10,14,16,25,27-31,33-35,38H,5-7,9,11-13,15,17-24,26H2,2-3H3/b10-8-,16-14-,27-25-,35-31+/t38-,41+/m0/s1. The van der Waals surface area contributed by atoms with E-state index in [1.807, 2.05) is 6.08 Å². The summed E-state index contributed by atoms with van der Waals surface area (Å²) >= 11 is 0. The first-order valence-electron chi connectivity index (χ1n) is 17.8. The summed E-state index contributed by atoms with van der Waals surface area (Å²) in [5, 5.41) is 0. The Kier molecular flexibility index (Phi) is 24.4. The van der Waals surface area contributed by atoms with E-state index in [1.54, 1.807) is 18.2 Å². The zero-order chi connectivity index (χ0) is 36.8. The summed E-state index contributed by atoms with van der Waals surface area (Å²) in [7, 11) is 2.14. The number of ether oxygens (including phenoxy) is 3. The van der Waals surface area contributed by atoms with Gasteiger partial charge in [0.25, 0.3) is 5.60 Å². The largest absolute Gasteiger partial charge is 0.459 e. The number of carbonyl (C=O) groups excluding carboxylic acids is 2. The van der Waals surface area contributed by atoms with E-state index < -0.39 is 29.8 Å². The SMILES string of the molecule is C#C[C@@H](/C=C/CCCCC/C=C\C/C=C\CCCCCCCCCCC/C=C\C#CC(=O)OC)OC(=O)[C@](OC)(c1ccccc1)C(F)(F)F. The molecule has 0 bridgehead atoms. The minimum Gasteiger partial charge on any atom is -0.459 e. The highest BCUT2D eigenvalue weighted by Gasteiger charge is 2.64. The molecule has 0 aliphatic heterocycles. The third kappa shape index (κ3) is 18.7. The minimum absolute atomic E-state index is 0.380. The van der Waals surface area contributed by atoms with Crippen LogP contribution in [-0.4, -0.2) is 38.4 Å². The monoisotopic (exact) mass is 696 g/mol. The summed E-state index contributed by atoms with van der Waals surface area (Å²) in [5.74, 6) is 5.16. The van der Waals surface area contributed by atoms with E-state index in [4.69, 9.17) is 15.9 Å². The number of alkyl halides is 3. The molecule has 0 aliphatic carbocycles. The molecule has 0 fully saturated rings. The highest BCUT2D eigenvalue weighted by atomic mass is 19.4. The number of unbranched alkanes of at least 4 members (excludes halogenated alkanes) is 14. The second-order valence-electron chi connectivity index (χ2n) is 11.9. The number of esters is 2. The molecule has 0 spiro atoms. The first-order valence-corrected chi connectivity index (χ1v) is 17.8. The molecule has 8 heteroatoms. The van der Waals surface area contributed by atoms with Gasteiger partial charge in [0.15, 0.2) is 6.10 Å². The van der Waals surface area contributed by atoms with Gasteiger partial charge in [-0.15, -0.1) is 6.42 Å². The van der Waals surface area contributed by atoms with Crippen LogP contribution in [0.4, 0.5) is 13.2 Å². The summed E-state index contributed by atoms with van der Waals surface area (Å²) in [6.45, 7) is 0. The Labute approximate surface area is 298 Å². The molecule has 0 radical (unpaired) electrons. The van der Waals surface area contributed by atoms with Crippen LogP contribution in [0.25, 0.3) is 0 Å². The van der Waals surface area contributed by atoms with E-state index in [0.717, 1.165) is 58.5 Å². The Bertz CT molecular complexity index is 1290. The van der Waals surface area contributed by atoms with Crippen molar-refractivity contribution in [3.05, 3.63) is 84.5 Å². The fourth-order valence-corrected chi connectivity index (χ4v) is 5.20. The fraction of sp³-hybridized carbons (Fsp3) is 0.524. The molecule has 1 aromatic carbocycles. The number of benzene rings is 1. The fourth-order valence-electron chi connectivity index (χ4n) is 5.20. The lowest BCUT2D eigenvalue weighted by Crippen LogP contribution is -2.52. The quantitative estimate of drug-likeness (QED) is 0.0335. The van der Waals surface area contributed by atoms with Crippen molar-refractivity contribution in [2.45, 2.75) is 127 Å². The molecule has 0 heterocycles. The first-order chi connectivity index (χ1) is 24.2. The van der Waals surface area contributed by atoms with Crippen LogP contribution >= 0.6 is 0 Å². The first kappa shape index (κ1) is 44.0. The second-order valence-corrected chi connectivity index (χ2v) is 11.9. The average molecular weight is 697 g/mol. The molecule has 2 atom stereocenters. The number of hydrogen-bond acceptors (Lipinski definition) is 5. The second kappa shape index (κ2) is 27.8. The van der Waals surface area contributed by atoms with Crippen LogP contribution in [0.15, 0.2) is 78.9 Å². The van der Waals surface area contributed by atoms with Crippen molar-refractivity contribution in [3.63, 3.8) is 0 Å². The Morgan fingerprint density at radius 3 is 1.74 bits per heavy atom. The molecule has 0 amide bonds. The summed E-state index contributed by atoms with van der Waals surface area (Å²) in [5.41, 5.74) is -3.65. The van der Waals surface area contributed by atoms with E-state index >= 15 is 0 Å². The Morgan fingerprint density at radius 2 is 1.24 bits per heavy atom. The number of methoxy groups -OCH3 is 2. The molecule has 1 aromatic rings. The summed E-state index contributed by atoms with van der Waals surface area (Å²) in [6.07, 6.45) is 34.0. The van der Waals surface area contributed by atoms with Crippen LogP contribution in [0.1, 0.15) is 115 Å². The molecule has 0 aromatic heterocycles. The van der Waals surface area contributed by atoms with E-state index in [9.17, 15) is 22.8 Å². The van der Waals surface area contributed by atoms with E-state index in [-0.39, 0.29) is 5.56 Å². The van der Waals surface area contributed by atoms with Crippen molar-refractivity contribution in [1.29, 1.82) is 0 Å². The Hall–Kier alpha value is -4.01. The predicted molar refractivity (Wildman–Crippen MR) is 195 cm³/mol. The molecule has 1 rings (SSSR count). The summed E-state index contributed by atoms with van der Waals surface area (Å²) in [6, 6.07) is 6.66. The highest BCUT2D eigenvalue weighted by Crippen LogP contribution is 2.43. The third-order valence-corrected chi connectivity index (χ3v) is 8.03. The van der Waals surface area contributed by atoms with Gasteiger partial charge in [-0.3, -0.25) is 0 Å². The van der Waals surface area contributed by atoms with Gasteiger partial charge in [-0.1, -0.05) is 130 Å². The smallest absolute Gasteiger partial charge is 0.432 e. The topological polar surface area (TPSA) is 61.8 Å². The van der Waals surface area contributed by atoms with Gasteiger partial charge >= 0.3 is 18.1 Å². The van der Waals surface area contributed by atoms with Crippen molar-refractivity contribution in [1.82, 2.24) is 0 Å². The minimum atomic E-state index is -5.05. The molecule has 0 aliphatic rings. The number of rotatable bonds is 25. The van der Waals surface area contributed by atoms with Gasteiger partial charge in [0.2, 0.25) is 0 Å². The average Bonchev–Trinajstić information content (AvgIpc) is 3.10. The summed E-state index contributed by atoms with van der Waals surface area (Å²) in [4.78, 5) is 23.6. The molecule has 0 saturated heterocycles. The van der Waals surface area contributed by atoms with Crippen LogP contribution < -0.4 is 0 Å². The molecule has 0 saturated carbocycles. The van der Waals surface area contributed by atoms with Crippen LogP contribution in [0.3, 0.4) is 0 Å². The van der Waals surface area contributed by atoms with Crippen LogP contribution in [0.2, 0.25) is 0 Å². The van der Waals surface area contributed by atoms with Gasteiger partial charge in [0.05, 0.1) is 7.11 Å². The van der Waals surface area contributed by atoms with Crippen LogP contribution in [-0.2, 0) is 29.4 Å². The maximum atomic E-state index is 14.1. The van der Waals surface area contributed by atoms with Crippen molar-refractivity contribution in [3.8, 4) is 24.2 Å². The Balaban J connectivity index is 2.08. The van der Waals surface area contributed by atoms with Gasteiger partial charge in [-0.25, -0.2) is 9.59 Å². The normalized spacial score (nSPS) is 13.7. The molecule has 0 N–H and O–H groups in total. The zero-order valence-electron chi connectivity index (χ0n) is 29.9. The van der Waals surface area contributed by atoms with Crippen molar-refractivity contribution >= 4 is 11.9 Å². The van der Waals surface area contributed by atoms with Crippen LogP contribution in [0, 0.1) is 24.2 Å². The maximum Gasteiger partial charge on any atom is 0.432 e. The maximum absolute atomic E-state index is 14.1. The van der Waals surface area contributed by atoms with Crippen molar-refractivity contribution in [2.24, 2.45) is 0 Å². The molecule has 50 heavy (non-hydrogen) atoms. The third-order valence-electron chi connectivity index (χ3n) is 8.03. The molecule has 5 nitrogen and oxygen atoms in total. The van der Waals surface area contributed by atoms with Gasteiger partial charge in [0.1, 0.15) is 0 Å². The van der Waals surface area contributed by atoms with E-state index in [2.05, 4.69) is 46.8 Å². The zero-order valence-corrected chi connectivity index (χ0v) is 29.9. The lowest BCUT2D eigenvalue weighted by Gasteiger charge is -2.32. The van der Waals surface area contributed by atoms with Gasteiger partial charge < -0.3 is 14.2 Å². The van der Waals surface area contributed by atoms with Crippen LogP contribution in [0.5, 0.6) is 0 Å². The van der Waals surface area contributed by atoms with E-state index in [0.29, 0.717) is 6.42 Å². The van der Waals surface area contributed by atoms with Gasteiger partial charge in [-0.2, -0.15) is 13.2 Å². The molecule has 274 valence electrons. The lowest BCUT2D eigenvalue weighted by atomic mass is 9.92. The molecular weight excluding hydrogens is 641 g/mol. The number of halogens is 3. The number of allylic oxidation sites excluding steroid dienone is 7. The number of hydrogen-bond donors (Lipinski definition) is 0. The lowest BCUT2D eigenvalue weighted by molar-refractivity contribution is -0.276. The number of terminal acetylenes is 1.